The monoisotopic (exact) mass is 278 g/mol. The Morgan fingerprint density at radius 1 is 1.38 bits per heavy atom. The van der Waals surface area contributed by atoms with Crippen LogP contribution in [-0.4, -0.2) is 25.3 Å². The van der Waals surface area contributed by atoms with Gasteiger partial charge in [-0.15, -0.1) is 11.8 Å². The predicted molar refractivity (Wildman–Crippen MR) is 68.7 cm³/mol. The Labute approximate surface area is 109 Å². The van der Waals surface area contributed by atoms with Crippen LogP contribution in [-0.2, 0) is 9.53 Å². The van der Waals surface area contributed by atoms with Crippen molar-refractivity contribution in [2.75, 3.05) is 19.5 Å². The van der Waals surface area contributed by atoms with Gasteiger partial charge in [-0.2, -0.15) is 0 Å². The van der Waals surface area contributed by atoms with Gasteiger partial charge in [0.1, 0.15) is 5.78 Å². The molecule has 0 aliphatic heterocycles. The average Bonchev–Trinajstić information content (AvgIpc) is 2.28. The number of halogens is 2. The maximum atomic E-state index is 11.4. The zero-order chi connectivity index (χ0) is 12.0. The summed E-state index contributed by atoms with van der Waals surface area (Å²) < 4.78 is 4.83. The van der Waals surface area contributed by atoms with Crippen LogP contribution in [0.2, 0.25) is 10.0 Å². The smallest absolute Gasteiger partial charge is 0.145 e. The van der Waals surface area contributed by atoms with Crippen LogP contribution in [0.5, 0.6) is 0 Å². The Kier molecular flexibility index (Phi) is 6.21. The molecule has 1 aromatic rings. The van der Waals surface area contributed by atoms with Gasteiger partial charge in [-0.05, 0) is 18.2 Å². The summed E-state index contributed by atoms with van der Waals surface area (Å²) in [6.45, 7) is 0.473. The van der Waals surface area contributed by atoms with E-state index >= 15 is 0 Å². The number of rotatable bonds is 6. The largest absolute Gasteiger partial charge is 0.384 e. The van der Waals surface area contributed by atoms with Gasteiger partial charge in [-0.1, -0.05) is 23.2 Å². The molecular formula is C11H12Cl2O2S. The summed E-state index contributed by atoms with van der Waals surface area (Å²) in [5.41, 5.74) is 0. The Bertz CT molecular complexity index is 369. The average molecular weight is 279 g/mol. The second-order valence-corrected chi connectivity index (χ2v) is 5.01. The van der Waals surface area contributed by atoms with Crippen molar-refractivity contribution in [2.24, 2.45) is 0 Å². The van der Waals surface area contributed by atoms with E-state index in [4.69, 9.17) is 27.9 Å². The molecule has 0 radical (unpaired) electrons. The molecule has 1 aromatic carbocycles. The van der Waals surface area contributed by atoms with Gasteiger partial charge in [0, 0.05) is 18.4 Å². The van der Waals surface area contributed by atoms with Crippen LogP contribution in [0.4, 0.5) is 0 Å². The van der Waals surface area contributed by atoms with Gasteiger partial charge in [0.2, 0.25) is 0 Å². The van der Waals surface area contributed by atoms with E-state index in [2.05, 4.69) is 0 Å². The van der Waals surface area contributed by atoms with Gasteiger partial charge in [0.05, 0.1) is 22.4 Å². The zero-order valence-electron chi connectivity index (χ0n) is 8.83. The van der Waals surface area contributed by atoms with E-state index < -0.39 is 0 Å². The molecule has 16 heavy (non-hydrogen) atoms. The van der Waals surface area contributed by atoms with E-state index in [1.165, 1.54) is 11.8 Å². The molecule has 0 N–H and O–H groups in total. The lowest BCUT2D eigenvalue weighted by Gasteiger charge is -2.02. The third kappa shape index (κ3) is 4.74. The first kappa shape index (κ1) is 13.8. The van der Waals surface area contributed by atoms with Crippen LogP contribution >= 0.6 is 35.0 Å². The van der Waals surface area contributed by atoms with E-state index in [-0.39, 0.29) is 5.78 Å². The number of thioether (sulfide) groups is 1. The summed E-state index contributed by atoms with van der Waals surface area (Å²) in [4.78, 5) is 12.3. The Hall–Kier alpha value is -0.220. The lowest BCUT2D eigenvalue weighted by Crippen LogP contribution is -2.04. The van der Waals surface area contributed by atoms with Gasteiger partial charge in [-0.3, -0.25) is 4.79 Å². The maximum absolute atomic E-state index is 11.4. The van der Waals surface area contributed by atoms with E-state index in [0.29, 0.717) is 28.8 Å². The highest BCUT2D eigenvalue weighted by Crippen LogP contribution is 2.27. The van der Waals surface area contributed by atoms with Crippen LogP contribution in [0, 0.1) is 0 Å². The summed E-state index contributed by atoms with van der Waals surface area (Å²) in [6.07, 6.45) is 0.449. The number of methoxy groups -OCH3 is 1. The van der Waals surface area contributed by atoms with Gasteiger partial charge in [0.25, 0.3) is 0 Å². The standard InChI is InChI=1S/C11H12Cl2O2S/c1-15-5-4-8(14)7-16-9-2-3-10(12)11(13)6-9/h2-3,6H,4-5,7H2,1H3. The van der Waals surface area contributed by atoms with Crippen LogP contribution in [0.25, 0.3) is 0 Å². The highest BCUT2D eigenvalue weighted by Gasteiger charge is 2.04. The van der Waals surface area contributed by atoms with Crippen molar-refractivity contribution in [2.45, 2.75) is 11.3 Å². The first-order valence-electron chi connectivity index (χ1n) is 4.72. The zero-order valence-corrected chi connectivity index (χ0v) is 11.2. The second kappa shape index (κ2) is 7.17. The summed E-state index contributed by atoms with van der Waals surface area (Å²) in [5.74, 6) is 0.597. The molecule has 0 spiro atoms. The first-order valence-corrected chi connectivity index (χ1v) is 6.46. The fraction of sp³-hybridized carbons (Fsp3) is 0.364. The molecule has 5 heteroatoms. The minimum atomic E-state index is 0.165. The minimum Gasteiger partial charge on any atom is -0.384 e. The molecule has 0 heterocycles. The number of Topliss-reactive ketones (excluding diaryl/α,β-unsaturated/α-hetero) is 1. The normalized spacial score (nSPS) is 10.4. The van der Waals surface area contributed by atoms with Crippen LogP contribution in [0.3, 0.4) is 0 Å². The van der Waals surface area contributed by atoms with Crippen molar-refractivity contribution in [3.05, 3.63) is 28.2 Å². The minimum absolute atomic E-state index is 0.165. The molecule has 2 nitrogen and oxygen atoms in total. The lowest BCUT2D eigenvalue weighted by atomic mass is 10.3. The molecule has 0 bridgehead atoms. The van der Waals surface area contributed by atoms with E-state index in [9.17, 15) is 4.79 Å². The highest BCUT2D eigenvalue weighted by molar-refractivity contribution is 8.00. The van der Waals surface area contributed by atoms with Crippen LogP contribution < -0.4 is 0 Å². The first-order chi connectivity index (χ1) is 7.63. The van der Waals surface area contributed by atoms with Crippen molar-refractivity contribution in [1.29, 1.82) is 0 Å². The van der Waals surface area contributed by atoms with Crippen molar-refractivity contribution >= 4 is 40.7 Å². The molecule has 0 fully saturated rings. The SMILES string of the molecule is COCCC(=O)CSc1ccc(Cl)c(Cl)c1. The molecule has 0 unspecified atom stereocenters. The van der Waals surface area contributed by atoms with Gasteiger partial charge < -0.3 is 4.74 Å². The molecule has 0 aliphatic carbocycles. The number of hydrogen-bond acceptors (Lipinski definition) is 3. The summed E-state index contributed by atoms with van der Waals surface area (Å²) in [6, 6.07) is 5.34. The molecule has 0 saturated heterocycles. The summed E-state index contributed by atoms with van der Waals surface area (Å²) in [5, 5.41) is 1.03. The third-order valence-corrected chi connectivity index (χ3v) is 3.67. The van der Waals surface area contributed by atoms with E-state index in [0.717, 1.165) is 4.90 Å². The van der Waals surface area contributed by atoms with Gasteiger partial charge >= 0.3 is 0 Å². The molecule has 0 saturated carbocycles. The Morgan fingerprint density at radius 3 is 2.75 bits per heavy atom. The number of carbonyl (C=O) groups excluding carboxylic acids is 1. The summed E-state index contributed by atoms with van der Waals surface area (Å²) >= 11 is 13.1. The topological polar surface area (TPSA) is 26.3 Å². The number of ketones is 1. The molecule has 0 aromatic heterocycles. The predicted octanol–water partition coefficient (Wildman–Crippen LogP) is 3.69. The number of hydrogen-bond donors (Lipinski definition) is 0. The van der Waals surface area contributed by atoms with E-state index in [1.54, 1.807) is 19.2 Å². The quantitative estimate of drug-likeness (QED) is 0.743. The molecule has 88 valence electrons. The Balaban J connectivity index is 2.42. The second-order valence-electron chi connectivity index (χ2n) is 3.15. The van der Waals surface area contributed by atoms with Crippen molar-refractivity contribution in [1.82, 2.24) is 0 Å². The van der Waals surface area contributed by atoms with Crippen LogP contribution in [0.1, 0.15) is 6.42 Å². The Morgan fingerprint density at radius 2 is 2.12 bits per heavy atom. The number of carbonyl (C=O) groups is 1. The summed E-state index contributed by atoms with van der Waals surface area (Å²) in [7, 11) is 1.58. The number of ether oxygens (including phenoxy) is 1. The lowest BCUT2D eigenvalue weighted by molar-refractivity contribution is -0.117. The number of benzene rings is 1. The third-order valence-electron chi connectivity index (χ3n) is 1.88. The maximum Gasteiger partial charge on any atom is 0.145 e. The molecular weight excluding hydrogens is 267 g/mol. The fourth-order valence-corrected chi connectivity index (χ4v) is 2.22. The van der Waals surface area contributed by atoms with Gasteiger partial charge in [-0.25, -0.2) is 0 Å². The van der Waals surface area contributed by atoms with Gasteiger partial charge in [0.15, 0.2) is 0 Å². The van der Waals surface area contributed by atoms with Crippen molar-refractivity contribution in [3.8, 4) is 0 Å². The molecule has 1 rings (SSSR count). The van der Waals surface area contributed by atoms with Crippen molar-refractivity contribution in [3.63, 3.8) is 0 Å². The van der Waals surface area contributed by atoms with Crippen molar-refractivity contribution < 1.29 is 9.53 Å². The molecule has 0 amide bonds. The highest BCUT2D eigenvalue weighted by atomic mass is 35.5. The molecule has 0 aliphatic rings. The molecule has 0 atom stereocenters. The fourth-order valence-electron chi connectivity index (χ4n) is 1.02. The van der Waals surface area contributed by atoms with Crippen LogP contribution in [0.15, 0.2) is 23.1 Å². The van der Waals surface area contributed by atoms with E-state index in [1.807, 2.05) is 6.07 Å².